The summed E-state index contributed by atoms with van der Waals surface area (Å²) in [6.45, 7) is 3.21. The summed E-state index contributed by atoms with van der Waals surface area (Å²) in [4.78, 5) is 19.7. The van der Waals surface area contributed by atoms with Gasteiger partial charge in [-0.2, -0.15) is 10.4 Å². The first kappa shape index (κ1) is 20.4. The Kier molecular flexibility index (Phi) is 6.18. The van der Waals surface area contributed by atoms with Crippen molar-refractivity contribution in [3.8, 4) is 17.9 Å². The van der Waals surface area contributed by atoms with Crippen molar-refractivity contribution in [1.29, 1.82) is 5.26 Å². The van der Waals surface area contributed by atoms with Crippen molar-refractivity contribution in [1.82, 2.24) is 19.3 Å². The van der Waals surface area contributed by atoms with Gasteiger partial charge in [0.15, 0.2) is 0 Å². The fourth-order valence-electron chi connectivity index (χ4n) is 3.07. The number of hydrogen-bond acceptors (Lipinski definition) is 6. The molecular weight excluding hydrogens is 390 g/mol. The first-order valence-corrected chi connectivity index (χ1v) is 9.34. The molecule has 3 rings (SSSR count). The number of imidazole rings is 1. The van der Waals surface area contributed by atoms with Gasteiger partial charge in [0.2, 0.25) is 5.95 Å². The van der Waals surface area contributed by atoms with Crippen molar-refractivity contribution in [3.05, 3.63) is 50.9 Å². The van der Waals surface area contributed by atoms with Crippen LogP contribution in [0.15, 0.2) is 29.2 Å². The quantitative estimate of drug-likeness (QED) is 0.619. The summed E-state index contributed by atoms with van der Waals surface area (Å²) in [5.41, 5.74) is 7.19. The molecular formula is C20H20ClN7O. The van der Waals surface area contributed by atoms with Crippen molar-refractivity contribution in [2.45, 2.75) is 20.0 Å². The number of anilines is 1. The zero-order valence-corrected chi connectivity index (χ0v) is 16.9. The van der Waals surface area contributed by atoms with E-state index in [0.29, 0.717) is 52.8 Å². The second-order valence-corrected chi connectivity index (χ2v) is 6.77. The minimum Gasteiger partial charge on any atom is -0.344 e. The van der Waals surface area contributed by atoms with Crippen LogP contribution in [0.2, 0.25) is 5.02 Å². The Hall–Kier alpha value is -3.33. The van der Waals surface area contributed by atoms with Gasteiger partial charge in [0, 0.05) is 20.1 Å². The maximum absolute atomic E-state index is 13.2. The Labute approximate surface area is 173 Å². The van der Waals surface area contributed by atoms with Crippen LogP contribution in [0.4, 0.5) is 5.95 Å². The molecule has 0 aliphatic carbocycles. The SMILES string of the molecule is CC#CCn1c(N(C)CCN)nc2cnn(Cc3cccc(Cl)c3C#N)c(=O)c21. The molecule has 3 aromatic rings. The number of rotatable bonds is 6. The molecule has 148 valence electrons. The molecule has 29 heavy (non-hydrogen) atoms. The highest BCUT2D eigenvalue weighted by molar-refractivity contribution is 6.31. The van der Waals surface area contributed by atoms with E-state index in [9.17, 15) is 10.1 Å². The maximum Gasteiger partial charge on any atom is 0.293 e. The van der Waals surface area contributed by atoms with Crippen molar-refractivity contribution in [3.63, 3.8) is 0 Å². The van der Waals surface area contributed by atoms with Gasteiger partial charge in [-0.25, -0.2) is 9.67 Å². The molecule has 2 N–H and O–H groups in total. The van der Waals surface area contributed by atoms with Gasteiger partial charge in [-0.05, 0) is 18.6 Å². The topological polar surface area (TPSA) is 106 Å². The van der Waals surface area contributed by atoms with Crippen LogP contribution < -0.4 is 16.2 Å². The number of fused-ring (bicyclic) bond motifs is 1. The minimum absolute atomic E-state index is 0.122. The molecule has 8 nitrogen and oxygen atoms in total. The molecule has 0 fully saturated rings. The fraction of sp³-hybridized carbons (Fsp3) is 0.300. The van der Waals surface area contributed by atoms with Gasteiger partial charge in [0.05, 0.1) is 29.9 Å². The van der Waals surface area contributed by atoms with Crippen LogP contribution in [-0.2, 0) is 13.1 Å². The van der Waals surface area contributed by atoms with Crippen molar-refractivity contribution in [2.75, 3.05) is 25.0 Å². The first-order valence-electron chi connectivity index (χ1n) is 8.96. The fourth-order valence-corrected chi connectivity index (χ4v) is 3.30. The number of halogens is 1. The molecule has 9 heteroatoms. The van der Waals surface area contributed by atoms with Crippen LogP contribution in [0.1, 0.15) is 18.1 Å². The molecule has 0 atom stereocenters. The standard InChI is InChI=1S/C20H20ClN7O/c1-3-4-9-27-18-17(25-20(27)26(2)10-8-22)12-24-28(19(18)29)13-14-6-5-7-16(21)15(14)11-23/h5-7,12H,8-10,13,22H2,1-2H3. The predicted molar refractivity (Wildman–Crippen MR) is 113 cm³/mol. The lowest BCUT2D eigenvalue weighted by Gasteiger charge is -2.17. The third-order valence-electron chi connectivity index (χ3n) is 4.48. The van der Waals surface area contributed by atoms with Gasteiger partial charge >= 0.3 is 0 Å². The Morgan fingerprint density at radius 2 is 2.17 bits per heavy atom. The molecule has 0 saturated carbocycles. The Bertz CT molecular complexity index is 1210. The number of nitriles is 1. The largest absolute Gasteiger partial charge is 0.344 e. The molecule has 2 heterocycles. The Morgan fingerprint density at radius 3 is 2.86 bits per heavy atom. The Morgan fingerprint density at radius 1 is 1.38 bits per heavy atom. The lowest BCUT2D eigenvalue weighted by molar-refractivity contribution is 0.641. The summed E-state index contributed by atoms with van der Waals surface area (Å²) < 4.78 is 3.07. The predicted octanol–water partition coefficient (Wildman–Crippen LogP) is 1.58. The molecule has 0 spiro atoms. The van der Waals surface area contributed by atoms with Gasteiger partial charge in [0.1, 0.15) is 17.1 Å². The third kappa shape index (κ3) is 3.95. The minimum atomic E-state index is -0.316. The van der Waals surface area contributed by atoms with Crippen LogP contribution in [0, 0.1) is 23.2 Å². The molecule has 0 unspecified atom stereocenters. The molecule has 1 aromatic carbocycles. The average molecular weight is 410 g/mol. The normalized spacial score (nSPS) is 10.4. The molecule has 0 bridgehead atoms. The number of likely N-dealkylation sites (N-methyl/N-ethyl adjacent to an activating group) is 1. The van der Waals surface area contributed by atoms with E-state index < -0.39 is 0 Å². The molecule has 0 aliphatic rings. The van der Waals surface area contributed by atoms with Crippen LogP contribution in [0.25, 0.3) is 11.0 Å². The van der Waals surface area contributed by atoms with Crippen LogP contribution in [-0.4, -0.2) is 39.5 Å². The van der Waals surface area contributed by atoms with E-state index in [1.54, 1.807) is 35.9 Å². The van der Waals surface area contributed by atoms with E-state index in [0.717, 1.165) is 0 Å². The van der Waals surface area contributed by atoms with E-state index in [2.05, 4.69) is 28.0 Å². The number of nitrogens with two attached hydrogens (primary N) is 1. The highest BCUT2D eigenvalue weighted by Gasteiger charge is 2.19. The van der Waals surface area contributed by atoms with Gasteiger partial charge in [0.25, 0.3) is 5.56 Å². The number of aromatic nitrogens is 4. The monoisotopic (exact) mass is 409 g/mol. The summed E-state index contributed by atoms with van der Waals surface area (Å²) >= 11 is 6.11. The number of benzene rings is 1. The van der Waals surface area contributed by atoms with Crippen LogP contribution in [0.3, 0.4) is 0 Å². The van der Waals surface area contributed by atoms with Gasteiger partial charge in [-0.15, -0.1) is 5.92 Å². The second kappa shape index (κ2) is 8.78. The van der Waals surface area contributed by atoms with Crippen molar-refractivity contribution >= 4 is 28.6 Å². The summed E-state index contributed by atoms with van der Waals surface area (Å²) in [6, 6.07) is 7.22. The number of nitrogens with zero attached hydrogens (tertiary/aromatic N) is 6. The van der Waals surface area contributed by atoms with E-state index in [1.165, 1.54) is 4.68 Å². The summed E-state index contributed by atoms with van der Waals surface area (Å²) in [7, 11) is 1.86. The Balaban J connectivity index is 2.16. The molecule has 0 saturated heterocycles. The van der Waals surface area contributed by atoms with Crippen molar-refractivity contribution < 1.29 is 0 Å². The lowest BCUT2D eigenvalue weighted by atomic mass is 10.1. The van der Waals surface area contributed by atoms with Gasteiger partial charge < -0.3 is 10.6 Å². The summed E-state index contributed by atoms with van der Waals surface area (Å²) in [5.74, 6) is 6.44. The lowest BCUT2D eigenvalue weighted by Crippen LogP contribution is -2.29. The van der Waals surface area contributed by atoms with E-state index in [4.69, 9.17) is 17.3 Å². The smallest absolute Gasteiger partial charge is 0.293 e. The van der Waals surface area contributed by atoms with Crippen LogP contribution in [0.5, 0.6) is 0 Å². The molecule has 0 aliphatic heterocycles. The first-order chi connectivity index (χ1) is 14.0. The van der Waals surface area contributed by atoms with E-state index in [1.807, 2.05) is 11.9 Å². The van der Waals surface area contributed by atoms with Gasteiger partial charge in [-0.3, -0.25) is 9.36 Å². The van der Waals surface area contributed by atoms with E-state index in [-0.39, 0.29) is 12.1 Å². The zero-order valence-electron chi connectivity index (χ0n) is 16.2. The molecule has 2 aromatic heterocycles. The van der Waals surface area contributed by atoms with E-state index >= 15 is 0 Å². The molecule has 0 amide bonds. The van der Waals surface area contributed by atoms with Crippen LogP contribution >= 0.6 is 11.6 Å². The zero-order chi connectivity index (χ0) is 21.0. The average Bonchev–Trinajstić information content (AvgIpc) is 3.08. The molecule has 0 radical (unpaired) electrons. The highest BCUT2D eigenvalue weighted by Crippen LogP contribution is 2.21. The van der Waals surface area contributed by atoms with Gasteiger partial charge in [-0.1, -0.05) is 29.7 Å². The van der Waals surface area contributed by atoms with Crippen molar-refractivity contribution in [2.24, 2.45) is 5.73 Å². The maximum atomic E-state index is 13.2. The second-order valence-electron chi connectivity index (χ2n) is 6.36. The third-order valence-corrected chi connectivity index (χ3v) is 4.80. The highest BCUT2D eigenvalue weighted by atomic mass is 35.5. The number of hydrogen-bond donors (Lipinski definition) is 1. The summed E-state index contributed by atoms with van der Waals surface area (Å²) in [5, 5.41) is 14.0. The summed E-state index contributed by atoms with van der Waals surface area (Å²) in [6.07, 6.45) is 1.54.